The van der Waals surface area contributed by atoms with Gasteiger partial charge >= 0.3 is 5.97 Å². The molecule has 9 nitrogen and oxygen atoms in total. The van der Waals surface area contributed by atoms with Gasteiger partial charge in [0.25, 0.3) is 11.8 Å². The Labute approximate surface area is 186 Å². The zero-order chi connectivity index (χ0) is 22.9. The molecule has 1 aliphatic heterocycles. The summed E-state index contributed by atoms with van der Waals surface area (Å²) in [6.07, 6.45) is -0.892. The molecule has 1 atom stereocenters. The number of nitrogens with one attached hydrogen (secondary N) is 1. The number of methoxy groups -OCH3 is 1. The highest BCUT2D eigenvalue weighted by molar-refractivity contribution is 5.93. The molecule has 0 bridgehead atoms. The molecule has 170 valence electrons. The van der Waals surface area contributed by atoms with Crippen LogP contribution in [0.1, 0.15) is 17.3 Å². The molecule has 0 spiro atoms. The van der Waals surface area contributed by atoms with Crippen LogP contribution in [0, 0.1) is 0 Å². The van der Waals surface area contributed by atoms with Crippen LogP contribution in [0.2, 0.25) is 0 Å². The number of rotatable bonds is 8. The molecule has 0 aliphatic carbocycles. The van der Waals surface area contributed by atoms with E-state index in [1.54, 1.807) is 55.3 Å². The number of nitrogens with zero attached hydrogens (tertiary/aromatic N) is 1. The molecule has 1 aliphatic rings. The number of ether oxygens (including phenoxy) is 4. The van der Waals surface area contributed by atoms with E-state index in [0.717, 1.165) is 0 Å². The molecule has 2 aromatic rings. The molecule has 1 unspecified atom stereocenters. The molecule has 1 saturated heterocycles. The van der Waals surface area contributed by atoms with E-state index < -0.39 is 12.1 Å². The van der Waals surface area contributed by atoms with Gasteiger partial charge in [0.15, 0.2) is 12.7 Å². The van der Waals surface area contributed by atoms with Gasteiger partial charge in [-0.15, -0.1) is 0 Å². The van der Waals surface area contributed by atoms with Gasteiger partial charge in [-0.25, -0.2) is 4.79 Å². The van der Waals surface area contributed by atoms with Gasteiger partial charge in [0.2, 0.25) is 0 Å². The number of hydrogen-bond donors (Lipinski definition) is 1. The summed E-state index contributed by atoms with van der Waals surface area (Å²) in [6.45, 7) is 3.27. The van der Waals surface area contributed by atoms with Crippen molar-refractivity contribution in [1.82, 2.24) is 4.90 Å². The topological polar surface area (TPSA) is 103 Å². The third-order valence-electron chi connectivity index (χ3n) is 4.77. The Morgan fingerprint density at radius 1 is 1.06 bits per heavy atom. The maximum absolute atomic E-state index is 12.4. The lowest BCUT2D eigenvalue weighted by atomic mass is 10.2. The minimum absolute atomic E-state index is 0.202. The fourth-order valence-corrected chi connectivity index (χ4v) is 3.05. The number of esters is 1. The van der Waals surface area contributed by atoms with Crippen molar-refractivity contribution in [2.45, 2.75) is 13.0 Å². The highest BCUT2D eigenvalue weighted by atomic mass is 16.5. The van der Waals surface area contributed by atoms with Gasteiger partial charge in [0.05, 0.1) is 25.9 Å². The normalized spacial score (nSPS) is 14.2. The Morgan fingerprint density at radius 2 is 1.78 bits per heavy atom. The fraction of sp³-hybridized carbons (Fsp3) is 0.348. The number of hydrogen-bond acceptors (Lipinski definition) is 7. The van der Waals surface area contributed by atoms with Crippen molar-refractivity contribution in [3.05, 3.63) is 54.1 Å². The highest BCUT2D eigenvalue weighted by Crippen LogP contribution is 2.17. The fourth-order valence-electron chi connectivity index (χ4n) is 3.05. The van der Waals surface area contributed by atoms with Crippen molar-refractivity contribution >= 4 is 23.5 Å². The van der Waals surface area contributed by atoms with Crippen LogP contribution in [-0.4, -0.2) is 68.8 Å². The first kappa shape index (κ1) is 23.1. The summed E-state index contributed by atoms with van der Waals surface area (Å²) in [4.78, 5) is 38.4. The lowest BCUT2D eigenvalue weighted by Gasteiger charge is -2.28. The van der Waals surface area contributed by atoms with Gasteiger partial charge in [0, 0.05) is 24.8 Å². The monoisotopic (exact) mass is 442 g/mol. The van der Waals surface area contributed by atoms with Crippen molar-refractivity contribution < 1.29 is 33.3 Å². The number of anilines is 1. The predicted molar refractivity (Wildman–Crippen MR) is 116 cm³/mol. The van der Waals surface area contributed by atoms with Gasteiger partial charge in [-0.3, -0.25) is 9.59 Å². The molecule has 0 aromatic heterocycles. The quantitative estimate of drug-likeness (QED) is 0.625. The third-order valence-corrected chi connectivity index (χ3v) is 4.77. The third kappa shape index (κ3) is 6.45. The molecule has 2 amide bonds. The van der Waals surface area contributed by atoms with Crippen LogP contribution in [-0.2, 0) is 19.1 Å². The summed E-state index contributed by atoms with van der Waals surface area (Å²) in [7, 11) is 1.55. The standard InChI is InChI=1S/C23H26N2O7/c1-16(22(27)25-10-12-30-13-11-25)32-23(28)17-6-8-19(9-7-17)31-15-21(26)24-18-4-3-5-20(14-18)29-2/h3-9,14,16H,10-13,15H2,1-2H3,(H,24,26). The van der Waals surface area contributed by atoms with Gasteiger partial charge in [-0.2, -0.15) is 0 Å². The summed E-state index contributed by atoms with van der Waals surface area (Å²) < 4.78 is 21.1. The zero-order valence-corrected chi connectivity index (χ0v) is 18.0. The van der Waals surface area contributed by atoms with Crippen LogP contribution >= 0.6 is 0 Å². The smallest absolute Gasteiger partial charge is 0.338 e. The average molecular weight is 442 g/mol. The Bertz CT molecular complexity index is 940. The SMILES string of the molecule is COc1cccc(NC(=O)COc2ccc(C(=O)OC(C)C(=O)N3CCOCC3)cc2)c1. The second-order valence-corrected chi connectivity index (χ2v) is 7.08. The van der Waals surface area contributed by atoms with E-state index >= 15 is 0 Å². The van der Waals surface area contributed by atoms with Crippen molar-refractivity contribution in [2.24, 2.45) is 0 Å². The lowest BCUT2D eigenvalue weighted by Crippen LogP contribution is -2.46. The number of carbonyl (C=O) groups excluding carboxylic acids is 3. The lowest BCUT2D eigenvalue weighted by molar-refractivity contribution is -0.143. The van der Waals surface area contributed by atoms with Gasteiger partial charge < -0.3 is 29.2 Å². The molecule has 1 N–H and O–H groups in total. The molecule has 1 fully saturated rings. The molecule has 9 heteroatoms. The zero-order valence-electron chi connectivity index (χ0n) is 18.0. The van der Waals surface area contributed by atoms with Gasteiger partial charge in [-0.05, 0) is 43.3 Å². The summed E-state index contributed by atoms with van der Waals surface area (Å²) >= 11 is 0. The minimum Gasteiger partial charge on any atom is -0.497 e. The summed E-state index contributed by atoms with van der Waals surface area (Å²) in [5.41, 5.74) is 0.872. The molecule has 0 saturated carbocycles. The first-order valence-electron chi connectivity index (χ1n) is 10.2. The highest BCUT2D eigenvalue weighted by Gasteiger charge is 2.25. The summed E-state index contributed by atoms with van der Waals surface area (Å²) in [6, 6.07) is 13.1. The first-order valence-corrected chi connectivity index (χ1v) is 10.2. The Morgan fingerprint density at radius 3 is 2.47 bits per heavy atom. The van der Waals surface area contributed by atoms with Gasteiger partial charge in [-0.1, -0.05) is 6.07 Å². The Kier molecular flexibility index (Phi) is 8.04. The summed E-state index contributed by atoms with van der Waals surface area (Å²) in [5, 5.41) is 2.71. The maximum atomic E-state index is 12.4. The predicted octanol–water partition coefficient (Wildman–Crippen LogP) is 2.12. The Balaban J connectivity index is 1.46. The van der Waals surface area contributed by atoms with Crippen LogP contribution in [0.3, 0.4) is 0 Å². The second-order valence-electron chi connectivity index (χ2n) is 7.08. The molecule has 2 aromatic carbocycles. The molecular weight excluding hydrogens is 416 g/mol. The molecule has 32 heavy (non-hydrogen) atoms. The van der Waals surface area contributed by atoms with Crippen molar-refractivity contribution in [1.29, 1.82) is 0 Å². The summed E-state index contributed by atoms with van der Waals surface area (Å²) in [5.74, 6) is -0.144. The second kappa shape index (κ2) is 11.1. The average Bonchev–Trinajstić information content (AvgIpc) is 2.83. The first-order chi connectivity index (χ1) is 15.5. The van der Waals surface area contributed by atoms with E-state index in [0.29, 0.717) is 43.5 Å². The maximum Gasteiger partial charge on any atom is 0.338 e. The van der Waals surface area contributed by atoms with E-state index in [1.165, 1.54) is 12.1 Å². The van der Waals surface area contributed by atoms with Crippen LogP contribution in [0.5, 0.6) is 11.5 Å². The molecule has 0 radical (unpaired) electrons. The number of amides is 2. The number of benzene rings is 2. The van der Waals surface area contributed by atoms with E-state index in [4.69, 9.17) is 18.9 Å². The van der Waals surface area contributed by atoms with Crippen molar-refractivity contribution in [3.63, 3.8) is 0 Å². The Hall–Kier alpha value is -3.59. The molecule has 3 rings (SSSR count). The largest absolute Gasteiger partial charge is 0.497 e. The van der Waals surface area contributed by atoms with Crippen LogP contribution in [0.15, 0.2) is 48.5 Å². The van der Waals surface area contributed by atoms with E-state index in [2.05, 4.69) is 5.32 Å². The molecular formula is C23H26N2O7. The number of morpholine rings is 1. The molecule has 1 heterocycles. The van der Waals surface area contributed by atoms with Gasteiger partial charge in [0.1, 0.15) is 11.5 Å². The van der Waals surface area contributed by atoms with Crippen molar-refractivity contribution in [3.8, 4) is 11.5 Å². The van der Waals surface area contributed by atoms with Crippen molar-refractivity contribution in [2.75, 3.05) is 45.3 Å². The van der Waals surface area contributed by atoms with E-state index in [-0.39, 0.29) is 24.0 Å². The van der Waals surface area contributed by atoms with E-state index in [1.807, 2.05) is 0 Å². The minimum atomic E-state index is -0.892. The van der Waals surface area contributed by atoms with Crippen LogP contribution in [0.4, 0.5) is 5.69 Å². The van der Waals surface area contributed by atoms with Crippen LogP contribution < -0.4 is 14.8 Å². The van der Waals surface area contributed by atoms with Crippen LogP contribution in [0.25, 0.3) is 0 Å². The van der Waals surface area contributed by atoms with E-state index in [9.17, 15) is 14.4 Å². The number of carbonyl (C=O) groups is 3.